The molecule has 0 amide bonds. The lowest BCUT2D eigenvalue weighted by molar-refractivity contribution is 0.407. The van der Waals surface area contributed by atoms with Gasteiger partial charge in [-0.2, -0.15) is 5.10 Å². The van der Waals surface area contributed by atoms with Crippen molar-refractivity contribution in [2.24, 2.45) is 5.92 Å². The highest BCUT2D eigenvalue weighted by Crippen LogP contribution is 2.14. The van der Waals surface area contributed by atoms with Gasteiger partial charge in [-0.3, -0.25) is 4.68 Å². The van der Waals surface area contributed by atoms with Gasteiger partial charge in [0.15, 0.2) is 0 Å². The predicted octanol–water partition coefficient (Wildman–Crippen LogP) is 3.49. The van der Waals surface area contributed by atoms with E-state index in [0.717, 1.165) is 13.0 Å². The van der Waals surface area contributed by atoms with Crippen molar-refractivity contribution in [2.45, 2.75) is 65.5 Å². The van der Waals surface area contributed by atoms with Crippen LogP contribution in [0.25, 0.3) is 0 Å². The van der Waals surface area contributed by atoms with Crippen LogP contribution in [0.2, 0.25) is 0 Å². The highest BCUT2D eigenvalue weighted by atomic mass is 15.4. The largest absolute Gasteiger partial charge is 0.272 e. The van der Waals surface area contributed by atoms with Gasteiger partial charge in [0.2, 0.25) is 0 Å². The van der Waals surface area contributed by atoms with E-state index in [-0.39, 0.29) is 0 Å². The van der Waals surface area contributed by atoms with E-state index in [2.05, 4.69) is 47.1 Å². The zero-order valence-corrected chi connectivity index (χ0v) is 13.4. The molecular formula is C16H27N5. The van der Waals surface area contributed by atoms with Gasteiger partial charge >= 0.3 is 0 Å². The van der Waals surface area contributed by atoms with Gasteiger partial charge in [0, 0.05) is 18.9 Å². The molecule has 0 aliphatic carbocycles. The number of rotatable bonds is 9. The SMILES string of the molecule is CCCCCC(C)Cn1cc(CC(C)n2ccnn2)cn1. The second-order valence-corrected chi connectivity index (χ2v) is 6.11. The van der Waals surface area contributed by atoms with Crippen LogP contribution in [0, 0.1) is 5.92 Å². The lowest BCUT2D eigenvalue weighted by Gasteiger charge is -2.11. The maximum Gasteiger partial charge on any atom is 0.0693 e. The van der Waals surface area contributed by atoms with Gasteiger partial charge in [-0.15, -0.1) is 5.10 Å². The standard InChI is InChI=1S/C16H27N5/c1-4-5-6-7-14(2)12-20-13-16(11-18-20)10-15(3)21-9-8-17-19-21/h8-9,11,13-15H,4-7,10,12H2,1-3H3. The molecule has 2 aromatic rings. The summed E-state index contributed by atoms with van der Waals surface area (Å²) in [7, 11) is 0. The fraction of sp³-hybridized carbons (Fsp3) is 0.688. The number of nitrogens with zero attached hydrogens (tertiary/aromatic N) is 5. The Morgan fingerprint density at radius 3 is 2.81 bits per heavy atom. The van der Waals surface area contributed by atoms with Crippen molar-refractivity contribution in [3.05, 3.63) is 30.4 Å². The summed E-state index contributed by atoms with van der Waals surface area (Å²) in [6.07, 6.45) is 14.0. The Labute approximate surface area is 127 Å². The molecule has 0 aliphatic heterocycles. The molecular weight excluding hydrogens is 262 g/mol. The first kappa shape index (κ1) is 15.7. The number of aromatic nitrogens is 5. The Morgan fingerprint density at radius 2 is 2.10 bits per heavy atom. The molecule has 0 N–H and O–H groups in total. The van der Waals surface area contributed by atoms with Gasteiger partial charge < -0.3 is 0 Å². The molecule has 0 spiro atoms. The molecule has 5 nitrogen and oxygen atoms in total. The lowest BCUT2D eigenvalue weighted by Crippen LogP contribution is -2.09. The van der Waals surface area contributed by atoms with E-state index in [0.29, 0.717) is 12.0 Å². The zero-order valence-electron chi connectivity index (χ0n) is 13.4. The Bertz CT molecular complexity index is 502. The summed E-state index contributed by atoms with van der Waals surface area (Å²) in [5, 5.41) is 12.4. The van der Waals surface area contributed by atoms with E-state index in [1.54, 1.807) is 6.20 Å². The average Bonchev–Trinajstić information content (AvgIpc) is 3.10. The first-order chi connectivity index (χ1) is 10.2. The third-order valence-electron chi connectivity index (χ3n) is 3.91. The fourth-order valence-corrected chi connectivity index (χ4v) is 2.65. The fourth-order valence-electron chi connectivity index (χ4n) is 2.65. The number of hydrogen-bond donors (Lipinski definition) is 0. The summed E-state index contributed by atoms with van der Waals surface area (Å²) in [5.41, 5.74) is 1.26. The summed E-state index contributed by atoms with van der Waals surface area (Å²) < 4.78 is 3.98. The Kier molecular flexibility index (Phi) is 5.96. The smallest absolute Gasteiger partial charge is 0.0693 e. The van der Waals surface area contributed by atoms with E-state index in [1.807, 2.05) is 17.1 Å². The monoisotopic (exact) mass is 289 g/mol. The molecule has 21 heavy (non-hydrogen) atoms. The first-order valence-corrected chi connectivity index (χ1v) is 8.06. The van der Waals surface area contributed by atoms with Crippen LogP contribution in [0.4, 0.5) is 0 Å². The molecule has 116 valence electrons. The van der Waals surface area contributed by atoms with E-state index < -0.39 is 0 Å². The van der Waals surface area contributed by atoms with Crippen molar-refractivity contribution in [3.63, 3.8) is 0 Å². The third-order valence-corrected chi connectivity index (χ3v) is 3.91. The molecule has 2 heterocycles. The van der Waals surface area contributed by atoms with Crippen LogP contribution in [0.1, 0.15) is 58.1 Å². The molecule has 2 aromatic heterocycles. The quantitative estimate of drug-likeness (QED) is 0.664. The van der Waals surface area contributed by atoms with Crippen LogP contribution in [-0.4, -0.2) is 24.8 Å². The van der Waals surface area contributed by atoms with Gasteiger partial charge in [-0.1, -0.05) is 38.3 Å². The van der Waals surface area contributed by atoms with Crippen LogP contribution in [0.5, 0.6) is 0 Å². The molecule has 0 aromatic carbocycles. The topological polar surface area (TPSA) is 48.5 Å². The molecule has 0 saturated heterocycles. The summed E-state index contributed by atoms with van der Waals surface area (Å²) in [6, 6.07) is 0.312. The van der Waals surface area contributed by atoms with E-state index in [9.17, 15) is 0 Å². The molecule has 0 saturated carbocycles. The van der Waals surface area contributed by atoms with Gasteiger partial charge in [-0.05, 0) is 31.2 Å². The maximum absolute atomic E-state index is 4.49. The Morgan fingerprint density at radius 1 is 1.24 bits per heavy atom. The van der Waals surface area contributed by atoms with E-state index in [4.69, 9.17) is 0 Å². The molecule has 2 unspecified atom stereocenters. The Balaban J connectivity index is 1.81. The molecule has 0 fully saturated rings. The van der Waals surface area contributed by atoms with Crippen LogP contribution < -0.4 is 0 Å². The average molecular weight is 289 g/mol. The predicted molar refractivity (Wildman–Crippen MR) is 84.0 cm³/mol. The summed E-state index contributed by atoms with van der Waals surface area (Å²) in [5.74, 6) is 0.692. The Hall–Kier alpha value is -1.65. The van der Waals surface area contributed by atoms with E-state index >= 15 is 0 Å². The van der Waals surface area contributed by atoms with Crippen molar-refractivity contribution < 1.29 is 0 Å². The minimum atomic E-state index is 0.312. The lowest BCUT2D eigenvalue weighted by atomic mass is 10.0. The minimum Gasteiger partial charge on any atom is -0.272 e. The highest BCUT2D eigenvalue weighted by Gasteiger charge is 2.09. The maximum atomic E-state index is 4.49. The van der Waals surface area contributed by atoms with Crippen molar-refractivity contribution >= 4 is 0 Å². The normalized spacial score (nSPS) is 14.2. The molecule has 0 bridgehead atoms. The van der Waals surface area contributed by atoms with Gasteiger partial charge in [0.05, 0.1) is 18.4 Å². The van der Waals surface area contributed by atoms with Crippen LogP contribution in [-0.2, 0) is 13.0 Å². The minimum absolute atomic E-state index is 0.312. The van der Waals surface area contributed by atoms with Gasteiger partial charge in [-0.25, -0.2) is 4.68 Å². The first-order valence-electron chi connectivity index (χ1n) is 8.06. The molecule has 2 rings (SSSR count). The second kappa shape index (κ2) is 7.96. The van der Waals surface area contributed by atoms with Gasteiger partial charge in [0.1, 0.15) is 0 Å². The van der Waals surface area contributed by atoms with Crippen molar-refractivity contribution in [1.29, 1.82) is 0 Å². The second-order valence-electron chi connectivity index (χ2n) is 6.11. The summed E-state index contributed by atoms with van der Waals surface area (Å²) in [6.45, 7) is 7.73. The highest BCUT2D eigenvalue weighted by molar-refractivity contribution is 5.05. The number of unbranched alkanes of at least 4 members (excludes halogenated alkanes) is 2. The van der Waals surface area contributed by atoms with Crippen molar-refractivity contribution in [2.75, 3.05) is 0 Å². The van der Waals surface area contributed by atoms with Crippen molar-refractivity contribution in [3.8, 4) is 0 Å². The van der Waals surface area contributed by atoms with Crippen LogP contribution >= 0.6 is 0 Å². The summed E-state index contributed by atoms with van der Waals surface area (Å²) >= 11 is 0. The number of hydrogen-bond acceptors (Lipinski definition) is 3. The molecule has 5 heteroatoms. The van der Waals surface area contributed by atoms with Crippen LogP contribution in [0.3, 0.4) is 0 Å². The summed E-state index contributed by atoms with van der Waals surface area (Å²) in [4.78, 5) is 0. The third kappa shape index (κ3) is 4.99. The molecule has 2 atom stereocenters. The van der Waals surface area contributed by atoms with E-state index in [1.165, 1.54) is 31.2 Å². The molecule has 0 radical (unpaired) electrons. The van der Waals surface area contributed by atoms with Gasteiger partial charge in [0.25, 0.3) is 0 Å². The molecule has 0 aliphatic rings. The van der Waals surface area contributed by atoms with Crippen molar-refractivity contribution in [1.82, 2.24) is 24.8 Å². The van der Waals surface area contributed by atoms with Crippen LogP contribution in [0.15, 0.2) is 24.8 Å². The zero-order chi connectivity index (χ0) is 15.1.